The second-order valence-electron chi connectivity index (χ2n) is 7.15. The van der Waals surface area contributed by atoms with Gasteiger partial charge in [-0.05, 0) is 76.8 Å². The van der Waals surface area contributed by atoms with Crippen LogP contribution < -0.4 is 0 Å². The predicted octanol–water partition coefficient (Wildman–Crippen LogP) is 7.09. The van der Waals surface area contributed by atoms with Crippen LogP contribution in [0.2, 0.25) is 0 Å². The fourth-order valence-electron chi connectivity index (χ4n) is 3.63. The number of ether oxygens (including phenoxy) is 1. The van der Waals surface area contributed by atoms with Crippen molar-refractivity contribution in [3.05, 3.63) is 46.5 Å². The minimum absolute atomic E-state index is 0.116. The first-order chi connectivity index (χ1) is 13.6. The smallest absolute Gasteiger partial charge is 0.410 e. The van der Waals surface area contributed by atoms with Gasteiger partial charge in [0.2, 0.25) is 0 Å². The Labute approximate surface area is 190 Å². The Morgan fingerprint density at radius 2 is 1.72 bits per heavy atom. The molecule has 1 saturated heterocycles. The normalized spacial score (nSPS) is 18.7. The second-order valence-corrected chi connectivity index (χ2v) is 14.2. The maximum Gasteiger partial charge on any atom is 0.410 e. The second kappa shape index (κ2) is 11.1. The van der Waals surface area contributed by atoms with Crippen molar-refractivity contribution in [2.24, 2.45) is 5.41 Å². The van der Waals surface area contributed by atoms with Gasteiger partial charge in [-0.3, -0.25) is 9.36 Å². The minimum Gasteiger partial charge on any atom is -0.445 e. The SMILES string of the molecule is O=CC1=C(Cl)CCC2(CCN(C(=O)OCc3ccccc3)CC2)C1.O=P(Cl)(Cl)Cl. The molecular weight excluding hydrogens is 479 g/mol. The zero-order valence-electron chi connectivity index (χ0n) is 15.7. The first-order valence-electron chi connectivity index (χ1n) is 9.09. The number of piperidine rings is 1. The maximum absolute atomic E-state index is 12.2. The summed E-state index contributed by atoms with van der Waals surface area (Å²) in [5, 5.41) is -2.51. The third kappa shape index (κ3) is 8.51. The molecule has 160 valence electrons. The minimum atomic E-state index is -3.22. The van der Waals surface area contributed by atoms with Gasteiger partial charge in [0.05, 0.1) is 0 Å². The van der Waals surface area contributed by atoms with Gasteiger partial charge in [-0.1, -0.05) is 41.9 Å². The summed E-state index contributed by atoms with van der Waals surface area (Å²) in [6.45, 7) is 1.66. The van der Waals surface area contributed by atoms with Gasteiger partial charge in [0.15, 0.2) is 0 Å². The molecule has 0 unspecified atom stereocenters. The number of nitrogens with zero attached hydrogens (tertiary/aromatic N) is 1. The maximum atomic E-state index is 12.2. The van der Waals surface area contributed by atoms with Gasteiger partial charge in [-0.15, -0.1) is 0 Å². The summed E-state index contributed by atoms with van der Waals surface area (Å²) < 4.78 is 14.9. The number of carbonyl (C=O) groups excluding carboxylic acids is 2. The van der Waals surface area contributed by atoms with Crippen molar-refractivity contribution in [3.63, 3.8) is 0 Å². The number of aldehydes is 1. The average molecular weight is 501 g/mol. The van der Waals surface area contributed by atoms with E-state index in [1.54, 1.807) is 4.90 Å². The number of benzene rings is 1. The molecule has 29 heavy (non-hydrogen) atoms. The third-order valence-electron chi connectivity index (χ3n) is 5.22. The van der Waals surface area contributed by atoms with Crippen LogP contribution in [0.15, 0.2) is 40.9 Å². The van der Waals surface area contributed by atoms with E-state index in [1.807, 2.05) is 30.3 Å². The summed E-state index contributed by atoms with van der Waals surface area (Å²) in [4.78, 5) is 25.2. The van der Waals surface area contributed by atoms with E-state index < -0.39 is 5.20 Å². The monoisotopic (exact) mass is 499 g/mol. The molecule has 1 aliphatic heterocycles. The van der Waals surface area contributed by atoms with Gasteiger partial charge in [0.1, 0.15) is 12.9 Å². The van der Waals surface area contributed by atoms with Crippen LogP contribution in [0.5, 0.6) is 0 Å². The van der Waals surface area contributed by atoms with Gasteiger partial charge in [0, 0.05) is 23.7 Å². The van der Waals surface area contributed by atoms with Crippen molar-refractivity contribution in [2.45, 2.75) is 38.7 Å². The van der Waals surface area contributed by atoms with E-state index in [0.717, 1.165) is 49.5 Å². The molecule has 1 amide bonds. The lowest BCUT2D eigenvalue weighted by atomic mass is 9.68. The Morgan fingerprint density at radius 3 is 2.28 bits per heavy atom. The molecule has 2 aliphatic rings. The van der Waals surface area contributed by atoms with Gasteiger partial charge < -0.3 is 9.64 Å². The van der Waals surface area contributed by atoms with E-state index in [1.165, 1.54) is 0 Å². The van der Waals surface area contributed by atoms with Crippen LogP contribution in [-0.4, -0.2) is 30.4 Å². The summed E-state index contributed by atoms with van der Waals surface area (Å²) >= 11 is 20.0. The molecular formula is C19H22Cl4NO4P. The van der Waals surface area contributed by atoms with Gasteiger partial charge in [-0.2, -0.15) is 0 Å². The highest BCUT2D eigenvalue weighted by Gasteiger charge is 2.39. The molecule has 5 nitrogen and oxygen atoms in total. The molecule has 0 N–H and O–H groups in total. The number of halogens is 4. The summed E-state index contributed by atoms with van der Waals surface area (Å²) in [5.41, 5.74) is 1.84. The number of likely N-dealkylation sites (tertiary alicyclic amines) is 1. The van der Waals surface area contributed by atoms with Gasteiger partial charge in [0.25, 0.3) is 0 Å². The lowest BCUT2D eigenvalue weighted by molar-refractivity contribution is -0.105. The van der Waals surface area contributed by atoms with Gasteiger partial charge >= 0.3 is 11.3 Å². The van der Waals surface area contributed by atoms with E-state index in [4.69, 9.17) is 16.3 Å². The average Bonchev–Trinajstić information content (AvgIpc) is 2.68. The fourth-order valence-corrected chi connectivity index (χ4v) is 3.84. The molecule has 1 spiro atoms. The van der Waals surface area contributed by atoms with Crippen molar-refractivity contribution in [2.75, 3.05) is 13.1 Å². The predicted molar refractivity (Wildman–Crippen MR) is 118 cm³/mol. The molecule has 0 radical (unpaired) electrons. The highest BCUT2D eigenvalue weighted by Crippen LogP contribution is 2.61. The number of carbonyl (C=O) groups is 2. The Hall–Kier alpha value is -0.710. The molecule has 10 heteroatoms. The van der Waals surface area contributed by atoms with Crippen molar-refractivity contribution in [1.29, 1.82) is 0 Å². The summed E-state index contributed by atoms with van der Waals surface area (Å²) in [7, 11) is 0. The Morgan fingerprint density at radius 1 is 1.14 bits per heavy atom. The molecule has 1 aromatic carbocycles. The zero-order chi connectivity index (χ0) is 21.5. The number of hydrogen-bond donors (Lipinski definition) is 0. The number of allylic oxidation sites excluding steroid dienone is 2. The van der Waals surface area contributed by atoms with Crippen LogP contribution in [0.3, 0.4) is 0 Å². The van der Waals surface area contributed by atoms with E-state index in [0.29, 0.717) is 24.7 Å². The first kappa shape index (κ1) is 24.6. The largest absolute Gasteiger partial charge is 0.445 e. The molecule has 0 atom stereocenters. The van der Waals surface area contributed by atoms with Crippen LogP contribution in [0.1, 0.15) is 37.7 Å². The quantitative estimate of drug-likeness (QED) is 0.328. The lowest BCUT2D eigenvalue weighted by Gasteiger charge is -2.43. The molecule has 1 fully saturated rings. The van der Waals surface area contributed by atoms with E-state index in [-0.39, 0.29) is 11.5 Å². The number of amides is 1. The molecule has 1 heterocycles. The summed E-state index contributed by atoms with van der Waals surface area (Å²) in [6.07, 6.45) is 4.94. The Balaban J connectivity index is 0.000000537. The van der Waals surface area contributed by atoms with Crippen LogP contribution in [-0.2, 0) is 20.7 Å². The first-order valence-corrected chi connectivity index (χ1v) is 13.9. The van der Waals surface area contributed by atoms with Crippen LogP contribution >= 0.6 is 50.5 Å². The van der Waals surface area contributed by atoms with Crippen molar-refractivity contribution < 1.29 is 18.9 Å². The van der Waals surface area contributed by atoms with Crippen molar-refractivity contribution in [3.8, 4) is 0 Å². The van der Waals surface area contributed by atoms with E-state index in [2.05, 4.69) is 33.7 Å². The van der Waals surface area contributed by atoms with E-state index in [9.17, 15) is 14.2 Å². The summed E-state index contributed by atoms with van der Waals surface area (Å²) in [6, 6.07) is 9.68. The molecule has 0 aromatic heterocycles. The fraction of sp³-hybridized carbons (Fsp3) is 0.474. The highest BCUT2D eigenvalue weighted by molar-refractivity contribution is 8.24. The molecule has 3 rings (SSSR count). The number of rotatable bonds is 3. The standard InChI is InChI=1S/C19H22ClNO3.Cl3OP/c20-17-6-7-19(12-16(17)13-22)8-10-21(11-9-19)18(23)24-14-15-4-2-1-3-5-15;1-5(2,3)4/h1-5,13H,6-12,14H2;. The van der Waals surface area contributed by atoms with Gasteiger partial charge in [-0.25, -0.2) is 4.79 Å². The molecule has 1 aromatic rings. The Kier molecular flexibility index (Phi) is 9.37. The van der Waals surface area contributed by atoms with Crippen LogP contribution in [0.25, 0.3) is 0 Å². The van der Waals surface area contributed by atoms with Crippen molar-refractivity contribution in [1.82, 2.24) is 4.90 Å². The molecule has 1 aliphatic carbocycles. The molecule has 0 saturated carbocycles. The van der Waals surface area contributed by atoms with Crippen LogP contribution in [0, 0.1) is 5.41 Å². The summed E-state index contributed by atoms with van der Waals surface area (Å²) in [5.74, 6) is 0. The van der Waals surface area contributed by atoms with E-state index >= 15 is 0 Å². The topological polar surface area (TPSA) is 63.7 Å². The lowest BCUT2D eigenvalue weighted by Crippen LogP contribution is -2.44. The third-order valence-corrected chi connectivity index (χ3v) is 5.65. The van der Waals surface area contributed by atoms with Crippen LogP contribution in [0.4, 0.5) is 4.79 Å². The number of hydrogen-bond acceptors (Lipinski definition) is 4. The molecule has 0 bridgehead atoms. The van der Waals surface area contributed by atoms with Crippen molar-refractivity contribution >= 4 is 62.9 Å². The zero-order valence-corrected chi connectivity index (χ0v) is 19.6. The Bertz CT molecular complexity index is 780. The highest BCUT2D eigenvalue weighted by atomic mass is 36.0.